The third-order valence-corrected chi connectivity index (χ3v) is 3.40. The lowest BCUT2D eigenvalue weighted by atomic mass is 10.4. The summed E-state index contributed by atoms with van der Waals surface area (Å²) in [6, 6.07) is 0. The average molecular weight is 250 g/mol. The Bertz CT molecular complexity index is 423. The Morgan fingerprint density at radius 2 is 2.17 bits per heavy atom. The van der Waals surface area contributed by atoms with Crippen molar-refractivity contribution < 1.29 is 0 Å². The number of rotatable bonds is 6. The summed E-state index contributed by atoms with van der Waals surface area (Å²) in [7, 11) is 0. The second-order valence-electron chi connectivity index (χ2n) is 4.70. The summed E-state index contributed by atoms with van der Waals surface area (Å²) in [4.78, 5) is 18.5. The van der Waals surface area contributed by atoms with E-state index in [4.69, 9.17) is 0 Å². The van der Waals surface area contributed by atoms with Crippen LogP contribution >= 0.6 is 0 Å². The maximum absolute atomic E-state index is 11.9. The molecule has 5 nitrogen and oxygen atoms in total. The van der Waals surface area contributed by atoms with Crippen LogP contribution < -0.4 is 10.9 Å². The molecule has 0 atom stereocenters. The lowest BCUT2D eigenvalue weighted by molar-refractivity contribution is 0.337. The first-order valence-electron chi connectivity index (χ1n) is 6.83. The van der Waals surface area contributed by atoms with Crippen LogP contribution in [0.3, 0.4) is 0 Å². The quantitative estimate of drug-likeness (QED) is 0.770. The highest BCUT2D eigenvalue weighted by atomic mass is 16.1. The van der Waals surface area contributed by atoms with E-state index in [-0.39, 0.29) is 5.56 Å². The Labute approximate surface area is 108 Å². The monoisotopic (exact) mass is 250 g/mol. The maximum Gasteiger partial charge on any atom is 0.293 e. The minimum atomic E-state index is -0.0267. The number of aromatic nitrogens is 2. The second-order valence-corrected chi connectivity index (χ2v) is 4.70. The van der Waals surface area contributed by atoms with Crippen molar-refractivity contribution in [3.05, 3.63) is 22.7 Å². The first-order chi connectivity index (χ1) is 8.81. The van der Waals surface area contributed by atoms with Crippen molar-refractivity contribution in [1.29, 1.82) is 0 Å². The number of nitrogens with zero attached hydrogens (tertiary/aromatic N) is 3. The third kappa shape index (κ3) is 3.32. The van der Waals surface area contributed by atoms with Crippen LogP contribution in [0.5, 0.6) is 0 Å². The predicted molar refractivity (Wildman–Crippen MR) is 73.0 cm³/mol. The van der Waals surface area contributed by atoms with Crippen molar-refractivity contribution in [3.8, 4) is 0 Å². The SMILES string of the molecule is CCn1ccnc(NCCCN2CCCC2)c1=O. The van der Waals surface area contributed by atoms with Crippen molar-refractivity contribution >= 4 is 5.82 Å². The summed E-state index contributed by atoms with van der Waals surface area (Å²) in [5, 5.41) is 3.14. The number of anilines is 1. The van der Waals surface area contributed by atoms with Gasteiger partial charge in [0.2, 0.25) is 0 Å². The fourth-order valence-electron chi connectivity index (χ4n) is 2.33. The zero-order valence-electron chi connectivity index (χ0n) is 11.1. The number of aryl methyl sites for hydroxylation is 1. The van der Waals surface area contributed by atoms with Crippen LogP contribution in [0.4, 0.5) is 5.82 Å². The Hall–Kier alpha value is -1.36. The van der Waals surface area contributed by atoms with Gasteiger partial charge in [-0.05, 0) is 45.8 Å². The average Bonchev–Trinajstić information content (AvgIpc) is 2.89. The lowest BCUT2D eigenvalue weighted by Gasteiger charge is -2.14. The minimum absolute atomic E-state index is 0.0267. The van der Waals surface area contributed by atoms with E-state index in [0.29, 0.717) is 12.4 Å². The highest BCUT2D eigenvalue weighted by Gasteiger charge is 2.10. The summed E-state index contributed by atoms with van der Waals surface area (Å²) >= 11 is 0. The normalized spacial score (nSPS) is 16.1. The van der Waals surface area contributed by atoms with Gasteiger partial charge in [-0.1, -0.05) is 0 Å². The summed E-state index contributed by atoms with van der Waals surface area (Å²) in [6.45, 7) is 7.02. The van der Waals surface area contributed by atoms with E-state index in [9.17, 15) is 4.79 Å². The lowest BCUT2D eigenvalue weighted by Crippen LogP contribution is -2.26. The maximum atomic E-state index is 11.9. The Balaban J connectivity index is 1.77. The molecule has 1 saturated heterocycles. The fraction of sp³-hybridized carbons (Fsp3) is 0.692. The van der Waals surface area contributed by atoms with E-state index in [2.05, 4.69) is 15.2 Å². The number of nitrogens with one attached hydrogen (secondary N) is 1. The fourth-order valence-corrected chi connectivity index (χ4v) is 2.33. The van der Waals surface area contributed by atoms with Gasteiger partial charge in [0, 0.05) is 25.5 Å². The molecule has 1 fully saturated rings. The van der Waals surface area contributed by atoms with Crippen LogP contribution in [0.2, 0.25) is 0 Å². The van der Waals surface area contributed by atoms with Crippen LogP contribution in [0, 0.1) is 0 Å². The van der Waals surface area contributed by atoms with Gasteiger partial charge in [0.25, 0.3) is 5.56 Å². The van der Waals surface area contributed by atoms with Crippen molar-refractivity contribution in [2.24, 2.45) is 0 Å². The van der Waals surface area contributed by atoms with Crippen LogP contribution in [0.25, 0.3) is 0 Å². The Morgan fingerprint density at radius 3 is 2.89 bits per heavy atom. The molecule has 0 unspecified atom stereocenters. The molecule has 100 valence electrons. The molecule has 2 rings (SSSR count). The highest BCUT2D eigenvalue weighted by Crippen LogP contribution is 2.07. The third-order valence-electron chi connectivity index (χ3n) is 3.40. The van der Waals surface area contributed by atoms with Crippen molar-refractivity contribution in [3.63, 3.8) is 0 Å². The van der Waals surface area contributed by atoms with E-state index < -0.39 is 0 Å². The number of hydrogen-bond acceptors (Lipinski definition) is 4. The smallest absolute Gasteiger partial charge is 0.293 e. The van der Waals surface area contributed by atoms with E-state index >= 15 is 0 Å². The van der Waals surface area contributed by atoms with Crippen LogP contribution in [0.15, 0.2) is 17.2 Å². The molecule has 0 amide bonds. The summed E-state index contributed by atoms with van der Waals surface area (Å²) in [6.07, 6.45) is 7.11. The summed E-state index contributed by atoms with van der Waals surface area (Å²) < 4.78 is 1.66. The molecule has 0 saturated carbocycles. The first kappa shape index (κ1) is 13.1. The standard InChI is InChI=1S/C13H22N4O/c1-2-17-11-7-15-12(13(17)18)14-6-5-10-16-8-3-4-9-16/h7,11H,2-6,8-10H2,1H3,(H,14,15). The van der Waals surface area contributed by atoms with E-state index in [1.54, 1.807) is 17.0 Å². The van der Waals surface area contributed by atoms with Gasteiger partial charge in [-0.2, -0.15) is 0 Å². The van der Waals surface area contributed by atoms with Gasteiger partial charge in [0.15, 0.2) is 5.82 Å². The Kier molecular flexibility index (Phi) is 4.75. The molecule has 1 aliphatic heterocycles. The van der Waals surface area contributed by atoms with Gasteiger partial charge in [-0.25, -0.2) is 4.98 Å². The van der Waals surface area contributed by atoms with Gasteiger partial charge >= 0.3 is 0 Å². The van der Waals surface area contributed by atoms with Gasteiger partial charge in [0.1, 0.15) is 0 Å². The zero-order valence-corrected chi connectivity index (χ0v) is 11.1. The van der Waals surface area contributed by atoms with Gasteiger partial charge in [-0.15, -0.1) is 0 Å². The topological polar surface area (TPSA) is 50.2 Å². The minimum Gasteiger partial charge on any atom is -0.365 e. The first-order valence-corrected chi connectivity index (χ1v) is 6.83. The molecule has 0 aliphatic carbocycles. The summed E-state index contributed by atoms with van der Waals surface area (Å²) in [5.41, 5.74) is -0.0267. The van der Waals surface area contributed by atoms with E-state index in [1.807, 2.05) is 6.92 Å². The predicted octanol–water partition coefficient (Wildman–Crippen LogP) is 1.16. The molecule has 0 spiro atoms. The molecular formula is C13H22N4O. The second kappa shape index (κ2) is 6.54. The van der Waals surface area contributed by atoms with Crippen molar-refractivity contribution in [2.75, 3.05) is 31.5 Å². The molecule has 1 aliphatic rings. The van der Waals surface area contributed by atoms with Gasteiger partial charge < -0.3 is 14.8 Å². The molecule has 1 aromatic heterocycles. The van der Waals surface area contributed by atoms with Gasteiger partial charge in [0.05, 0.1) is 0 Å². The van der Waals surface area contributed by atoms with Gasteiger partial charge in [-0.3, -0.25) is 4.79 Å². The number of hydrogen-bond donors (Lipinski definition) is 1. The molecule has 2 heterocycles. The molecule has 0 radical (unpaired) electrons. The molecule has 0 aromatic carbocycles. The van der Waals surface area contributed by atoms with Crippen LogP contribution in [-0.2, 0) is 6.54 Å². The Morgan fingerprint density at radius 1 is 1.39 bits per heavy atom. The van der Waals surface area contributed by atoms with E-state index in [0.717, 1.165) is 19.5 Å². The molecular weight excluding hydrogens is 228 g/mol. The summed E-state index contributed by atoms with van der Waals surface area (Å²) in [5.74, 6) is 0.473. The zero-order chi connectivity index (χ0) is 12.8. The van der Waals surface area contributed by atoms with Crippen LogP contribution in [0.1, 0.15) is 26.2 Å². The van der Waals surface area contributed by atoms with E-state index in [1.165, 1.54) is 25.9 Å². The largest absolute Gasteiger partial charge is 0.365 e. The molecule has 1 N–H and O–H groups in total. The highest BCUT2D eigenvalue weighted by molar-refractivity contribution is 5.30. The van der Waals surface area contributed by atoms with Crippen molar-refractivity contribution in [1.82, 2.24) is 14.5 Å². The molecule has 5 heteroatoms. The number of likely N-dealkylation sites (tertiary alicyclic amines) is 1. The van der Waals surface area contributed by atoms with Crippen LogP contribution in [-0.4, -0.2) is 40.6 Å². The molecule has 18 heavy (non-hydrogen) atoms. The molecule has 0 bridgehead atoms. The molecule has 1 aromatic rings. The van der Waals surface area contributed by atoms with Crippen molar-refractivity contribution in [2.45, 2.75) is 32.7 Å².